The number of benzene rings is 2. The molecule has 1 N–H and O–H groups in total. The van der Waals surface area contributed by atoms with Gasteiger partial charge in [-0.2, -0.15) is 0 Å². The molecule has 0 bridgehead atoms. The van der Waals surface area contributed by atoms with Gasteiger partial charge < -0.3 is 10.2 Å². The molecule has 0 unspecified atom stereocenters. The maximum atomic E-state index is 12.4. The van der Waals surface area contributed by atoms with Crippen molar-refractivity contribution in [1.29, 1.82) is 0 Å². The van der Waals surface area contributed by atoms with Crippen molar-refractivity contribution in [2.75, 3.05) is 16.8 Å². The minimum atomic E-state index is -0.319. The lowest BCUT2D eigenvalue weighted by Crippen LogP contribution is -2.33. The summed E-state index contributed by atoms with van der Waals surface area (Å²) >= 11 is 3.43. The Balaban J connectivity index is 2.01. The maximum Gasteiger partial charge on any atom is 0.236 e. The molecule has 5 heteroatoms. The summed E-state index contributed by atoms with van der Waals surface area (Å²) in [6.07, 6.45) is -0.186. The van der Waals surface area contributed by atoms with Gasteiger partial charge >= 0.3 is 0 Å². The first-order valence-corrected chi connectivity index (χ1v) is 8.22. The third-order valence-electron chi connectivity index (χ3n) is 3.45. The summed E-state index contributed by atoms with van der Waals surface area (Å²) in [6.45, 7) is 4.38. The molecule has 0 spiro atoms. The molecule has 2 amide bonds. The second-order valence-electron chi connectivity index (χ2n) is 5.16. The average molecular weight is 375 g/mol. The Bertz CT molecular complexity index is 701. The number of rotatable bonds is 5. The highest BCUT2D eigenvalue weighted by Gasteiger charge is 2.17. The van der Waals surface area contributed by atoms with E-state index in [-0.39, 0.29) is 18.2 Å². The molecule has 0 fully saturated rings. The average Bonchev–Trinajstić information content (AvgIpc) is 2.52. The van der Waals surface area contributed by atoms with Crippen LogP contribution < -0.4 is 10.2 Å². The zero-order chi connectivity index (χ0) is 16.8. The Labute approximate surface area is 144 Å². The lowest BCUT2D eigenvalue weighted by atomic mass is 10.2. The van der Waals surface area contributed by atoms with E-state index in [0.29, 0.717) is 12.2 Å². The van der Waals surface area contributed by atoms with Crippen molar-refractivity contribution in [1.82, 2.24) is 0 Å². The molecule has 0 aliphatic rings. The fourth-order valence-corrected chi connectivity index (χ4v) is 2.60. The zero-order valence-electron chi connectivity index (χ0n) is 13.2. The lowest BCUT2D eigenvalue weighted by Gasteiger charge is -2.20. The van der Waals surface area contributed by atoms with Gasteiger partial charge in [0.2, 0.25) is 11.8 Å². The predicted octanol–water partition coefficient (Wildman–Crippen LogP) is 4.14. The normalized spacial score (nSPS) is 10.2. The molecule has 2 aromatic carbocycles. The highest BCUT2D eigenvalue weighted by molar-refractivity contribution is 9.10. The highest BCUT2D eigenvalue weighted by Crippen LogP contribution is 2.21. The quantitative estimate of drug-likeness (QED) is 0.799. The molecule has 0 aliphatic carbocycles. The monoisotopic (exact) mass is 374 g/mol. The van der Waals surface area contributed by atoms with Crippen LogP contribution in [0.2, 0.25) is 0 Å². The molecule has 120 valence electrons. The molecule has 0 saturated heterocycles. The maximum absolute atomic E-state index is 12.4. The molecule has 2 aromatic rings. The van der Waals surface area contributed by atoms with Gasteiger partial charge in [-0.25, -0.2) is 0 Å². The number of para-hydroxylation sites is 1. The number of hydrogen-bond donors (Lipinski definition) is 1. The second-order valence-corrected chi connectivity index (χ2v) is 6.02. The van der Waals surface area contributed by atoms with E-state index in [4.69, 9.17) is 0 Å². The van der Waals surface area contributed by atoms with Gasteiger partial charge in [0.25, 0.3) is 0 Å². The molecule has 0 saturated carbocycles. The summed E-state index contributed by atoms with van der Waals surface area (Å²) < 4.78 is 0.918. The standard InChI is InChI=1S/C18H19BrN2O2/c1-3-21(15-7-5-4-6-8-15)18(23)12-17(22)20-14-10-9-13(2)16(19)11-14/h4-11H,3,12H2,1-2H3,(H,20,22). The summed E-state index contributed by atoms with van der Waals surface area (Å²) in [6, 6.07) is 14.9. The largest absolute Gasteiger partial charge is 0.326 e. The van der Waals surface area contributed by atoms with Crippen LogP contribution in [0.4, 0.5) is 11.4 Å². The van der Waals surface area contributed by atoms with Crippen LogP contribution in [0.25, 0.3) is 0 Å². The van der Waals surface area contributed by atoms with E-state index in [1.807, 2.05) is 62.4 Å². The number of aryl methyl sites for hydroxylation is 1. The Morgan fingerprint density at radius 2 is 1.83 bits per heavy atom. The van der Waals surface area contributed by atoms with Crippen LogP contribution in [-0.4, -0.2) is 18.4 Å². The number of nitrogens with zero attached hydrogens (tertiary/aromatic N) is 1. The lowest BCUT2D eigenvalue weighted by molar-refractivity contribution is -0.125. The molecular weight excluding hydrogens is 356 g/mol. The number of halogens is 1. The number of hydrogen-bond acceptors (Lipinski definition) is 2. The first kappa shape index (κ1) is 17.2. The molecular formula is C18H19BrN2O2. The van der Waals surface area contributed by atoms with E-state index >= 15 is 0 Å². The predicted molar refractivity (Wildman–Crippen MR) is 96.6 cm³/mol. The number of carbonyl (C=O) groups is 2. The van der Waals surface area contributed by atoms with E-state index in [0.717, 1.165) is 15.7 Å². The van der Waals surface area contributed by atoms with E-state index in [9.17, 15) is 9.59 Å². The molecule has 0 aromatic heterocycles. The van der Waals surface area contributed by atoms with E-state index in [1.165, 1.54) is 0 Å². The van der Waals surface area contributed by atoms with Crippen LogP contribution in [0.3, 0.4) is 0 Å². The van der Waals surface area contributed by atoms with Gasteiger partial charge in [0, 0.05) is 22.4 Å². The van der Waals surface area contributed by atoms with Crippen molar-refractivity contribution in [3.8, 4) is 0 Å². The summed E-state index contributed by atoms with van der Waals surface area (Å²) in [7, 11) is 0. The minimum Gasteiger partial charge on any atom is -0.326 e. The molecule has 0 atom stereocenters. The smallest absolute Gasteiger partial charge is 0.236 e. The van der Waals surface area contributed by atoms with E-state index < -0.39 is 0 Å². The first-order valence-electron chi connectivity index (χ1n) is 7.42. The molecule has 0 radical (unpaired) electrons. The molecule has 0 heterocycles. The van der Waals surface area contributed by atoms with Crippen molar-refractivity contribution >= 4 is 39.1 Å². The SMILES string of the molecule is CCN(C(=O)CC(=O)Nc1ccc(C)c(Br)c1)c1ccccc1. The number of amides is 2. The van der Waals surface area contributed by atoms with Crippen molar-refractivity contribution in [3.05, 3.63) is 58.6 Å². The Hall–Kier alpha value is -2.14. The van der Waals surface area contributed by atoms with Crippen LogP contribution in [0, 0.1) is 6.92 Å². The van der Waals surface area contributed by atoms with Gasteiger partial charge in [0.05, 0.1) is 0 Å². The third kappa shape index (κ3) is 4.66. The van der Waals surface area contributed by atoms with Crippen LogP contribution in [0.15, 0.2) is 53.0 Å². The van der Waals surface area contributed by atoms with Crippen LogP contribution >= 0.6 is 15.9 Å². The fraction of sp³-hybridized carbons (Fsp3) is 0.222. The number of anilines is 2. The van der Waals surface area contributed by atoms with Gasteiger partial charge in [-0.05, 0) is 43.7 Å². The molecule has 4 nitrogen and oxygen atoms in total. The van der Waals surface area contributed by atoms with Gasteiger partial charge in [-0.1, -0.05) is 40.2 Å². The Kier molecular flexibility index (Phi) is 5.93. The van der Waals surface area contributed by atoms with Crippen molar-refractivity contribution in [2.24, 2.45) is 0 Å². The van der Waals surface area contributed by atoms with Gasteiger partial charge in [0.15, 0.2) is 0 Å². The number of nitrogens with one attached hydrogen (secondary N) is 1. The number of carbonyl (C=O) groups excluding carboxylic acids is 2. The van der Waals surface area contributed by atoms with Gasteiger partial charge in [0.1, 0.15) is 6.42 Å². The molecule has 2 rings (SSSR count). The topological polar surface area (TPSA) is 49.4 Å². The van der Waals surface area contributed by atoms with E-state index in [2.05, 4.69) is 21.2 Å². The summed E-state index contributed by atoms with van der Waals surface area (Å²) in [4.78, 5) is 26.1. The third-order valence-corrected chi connectivity index (χ3v) is 4.31. The fourth-order valence-electron chi connectivity index (χ4n) is 2.22. The van der Waals surface area contributed by atoms with Crippen LogP contribution in [-0.2, 0) is 9.59 Å². The Morgan fingerprint density at radius 1 is 1.13 bits per heavy atom. The van der Waals surface area contributed by atoms with Gasteiger partial charge in [-0.15, -0.1) is 0 Å². The molecule has 0 aliphatic heterocycles. The summed E-state index contributed by atoms with van der Waals surface area (Å²) in [5, 5.41) is 2.75. The summed E-state index contributed by atoms with van der Waals surface area (Å²) in [5.41, 5.74) is 2.55. The van der Waals surface area contributed by atoms with Crippen molar-refractivity contribution in [2.45, 2.75) is 20.3 Å². The van der Waals surface area contributed by atoms with Crippen LogP contribution in [0.1, 0.15) is 18.9 Å². The van der Waals surface area contributed by atoms with E-state index in [1.54, 1.807) is 4.90 Å². The highest BCUT2D eigenvalue weighted by atomic mass is 79.9. The van der Waals surface area contributed by atoms with Crippen molar-refractivity contribution in [3.63, 3.8) is 0 Å². The summed E-state index contributed by atoms with van der Waals surface area (Å²) in [5.74, 6) is -0.539. The zero-order valence-corrected chi connectivity index (χ0v) is 14.8. The molecule has 23 heavy (non-hydrogen) atoms. The van der Waals surface area contributed by atoms with Crippen molar-refractivity contribution < 1.29 is 9.59 Å². The first-order chi connectivity index (χ1) is 11.0. The van der Waals surface area contributed by atoms with Gasteiger partial charge in [-0.3, -0.25) is 9.59 Å². The minimum absolute atomic E-state index is 0.186. The van der Waals surface area contributed by atoms with Crippen LogP contribution in [0.5, 0.6) is 0 Å². The Morgan fingerprint density at radius 3 is 2.43 bits per heavy atom. The second kappa shape index (κ2) is 7.92.